The molecule has 0 N–H and O–H groups in total. The second-order valence-electron chi connectivity index (χ2n) is 3.11. The quantitative estimate of drug-likeness (QED) is 0.749. The highest BCUT2D eigenvalue weighted by Gasteiger charge is 1.93. The molecule has 0 bridgehead atoms. The first-order chi connectivity index (χ1) is 7.78. The van der Waals surface area contributed by atoms with Crippen molar-refractivity contribution in [1.82, 2.24) is 0 Å². The van der Waals surface area contributed by atoms with E-state index in [0.717, 1.165) is 6.29 Å². The van der Waals surface area contributed by atoms with Gasteiger partial charge in [0.1, 0.15) is 6.29 Å². The van der Waals surface area contributed by atoms with Crippen LogP contribution in [0.15, 0.2) is 52.1 Å². The Bertz CT molecular complexity index is 575. The van der Waals surface area contributed by atoms with E-state index >= 15 is 0 Å². The van der Waals surface area contributed by atoms with Crippen LogP contribution in [0.3, 0.4) is 0 Å². The number of benzene rings is 1. The molecule has 0 aliphatic rings. The zero-order valence-electron chi connectivity index (χ0n) is 8.26. The van der Waals surface area contributed by atoms with Crippen LogP contribution < -0.4 is 5.55 Å². The number of aldehydes is 1. The maximum absolute atomic E-state index is 10.6. The number of nitrogens with zero attached hydrogens (tertiary/aromatic N) is 1. The number of hydrogen-bond donors (Lipinski definition) is 0. The van der Waals surface area contributed by atoms with Crippen molar-refractivity contribution in [1.29, 1.82) is 0 Å². The zero-order chi connectivity index (χ0) is 11.4. The fourth-order valence-corrected chi connectivity index (χ4v) is 1.37. The van der Waals surface area contributed by atoms with Gasteiger partial charge in [0.2, 0.25) is 5.55 Å². The molecule has 1 aromatic carbocycles. The summed E-state index contributed by atoms with van der Waals surface area (Å²) >= 11 is 5.79. The van der Waals surface area contributed by atoms with Gasteiger partial charge in [-0.2, -0.15) is 0 Å². The molecule has 0 amide bonds. The van der Waals surface area contributed by atoms with Gasteiger partial charge < -0.3 is 4.42 Å². The number of rotatable bonds is 2. The summed E-state index contributed by atoms with van der Waals surface area (Å²) < 4.78 is 5.15. The molecule has 16 heavy (non-hydrogen) atoms. The minimum atomic E-state index is 0.399. The van der Waals surface area contributed by atoms with Crippen molar-refractivity contribution >= 4 is 23.6 Å². The average molecular weight is 234 g/mol. The van der Waals surface area contributed by atoms with Crippen molar-refractivity contribution in [2.45, 2.75) is 0 Å². The van der Waals surface area contributed by atoms with Gasteiger partial charge in [-0.3, -0.25) is 4.79 Å². The molecule has 0 radical (unpaired) electrons. The Morgan fingerprint density at radius 1 is 1.25 bits per heavy atom. The van der Waals surface area contributed by atoms with Gasteiger partial charge in [0, 0.05) is 16.7 Å². The van der Waals surface area contributed by atoms with Gasteiger partial charge in [0.25, 0.3) is 0 Å². The van der Waals surface area contributed by atoms with Crippen LogP contribution in [0.25, 0.3) is 0 Å². The third-order valence-electron chi connectivity index (χ3n) is 1.92. The van der Waals surface area contributed by atoms with Crippen LogP contribution >= 0.6 is 11.6 Å². The maximum Gasteiger partial charge on any atom is 0.220 e. The summed E-state index contributed by atoms with van der Waals surface area (Å²) in [5.41, 5.74) is 1.62. The van der Waals surface area contributed by atoms with E-state index in [4.69, 9.17) is 16.0 Å². The van der Waals surface area contributed by atoms with Gasteiger partial charge in [0.15, 0.2) is 0 Å². The van der Waals surface area contributed by atoms with E-state index in [1.54, 1.807) is 36.4 Å². The lowest BCUT2D eigenvalue weighted by Gasteiger charge is -1.94. The van der Waals surface area contributed by atoms with E-state index in [9.17, 15) is 4.79 Å². The molecule has 0 saturated heterocycles. The van der Waals surface area contributed by atoms with Crippen LogP contribution in [0.1, 0.15) is 10.4 Å². The second-order valence-corrected chi connectivity index (χ2v) is 3.55. The van der Waals surface area contributed by atoms with Gasteiger partial charge in [-0.15, -0.1) is 0 Å². The highest BCUT2D eigenvalue weighted by atomic mass is 35.5. The Labute approximate surface area is 97.0 Å². The van der Waals surface area contributed by atoms with Crippen LogP contribution in [-0.4, -0.2) is 6.29 Å². The molecule has 1 heterocycles. The molecule has 80 valence electrons. The minimum Gasteiger partial charge on any atom is -0.447 e. The van der Waals surface area contributed by atoms with Gasteiger partial charge in [-0.1, -0.05) is 23.7 Å². The molecular weight excluding hydrogens is 226 g/mol. The Kier molecular flexibility index (Phi) is 3.17. The summed E-state index contributed by atoms with van der Waals surface area (Å²) in [7, 11) is 0. The van der Waals surface area contributed by atoms with Crippen LogP contribution in [0, 0.1) is 0 Å². The van der Waals surface area contributed by atoms with Gasteiger partial charge in [0.05, 0.1) is 12.0 Å². The monoisotopic (exact) mass is 233 g/mol. The lowest BCUT2D eigenvalue weighted by atomic mass is 10.2. The number of hydrogen-bond acceptors (Lipinski definition) is 3. The third kappa shape index (κ3) is 2.58. The molecule has 3 nitrogen and oxygen atoms in total. The van der Waals surface area contributed by atoms with Crippen molar-refractivity contribution in [3.05, 3.63) is 58.8 Å². The lowest BCUT2D eigenvalue weighted by Crippen LogP contribution is -1.97. The molecule has 1 aromatic heterocycles. The second kappa shape index (κ2) is 4.77. The van der Waals surface area contributed by atoms with E-state index in [1.165, 1.54) is 6.26 Å². The predicted molar refractivity (Wildman–Crippen MR) is 60.8 cm³/mol. The highest BCUT2D eigenvalue weighted by Crippen LogP contribution is 2.12. The molecule has 0 unspecified atom stereocenters. The van der Waals surface area contributed by atoms with E-state index in [1.807, 2.05) is 0 Å². The number of halogens is 1. The predicted octanol–water partition coefficient (Wildman–Crippen LogP) is 2.98. The molecule has 0 atom stereocenters. The molecule has 2 aromatic rings. The van der Waals surface area contributed by atoms with E-state index in [0.29, 0.717) is 21.8 Å². The molecule has 0 saturated carbocycles. The molecule has 4 heteroatoms. The average Bonchev–Trinajstić information content (AvgIpc) is 2.29. The molecular formula is C12H8ClNO2. The van der Waals surface area contributed by atoms with Gasteiger partial charge in [-0.25, -0.2) is 4.99 Å². The first-order valence-electron chi connectivity index (χ1n) is 4.62. The van der Waals surface area contributed by atoms with E-state index in [-0.39, 0.29) is 0 Å². The van der Waals surface area contributed by atoms with E-state index in [2.05, 4.69) is 4.99 Å². The van der Waals surface area contributed by atoms with Crippen LogP contribution in [0.2, 0.25) is 5.02 Å². The van der Waals surface area contributed by atoms with E-state index < -0.39 is 0 Å². The van der Waals surface area contributed by atoms with Gasteiger partial charge >= 0.3 is 0 Å². The topological polar surface area (TPSA) is 42.6 Å². The van der Waals surface area contributed by atoms with Crippen molar-refractivity contribution in [2.75, 3.05) is 0 Å². The summed E-state index contributed by atoms with van der Waals surface area (Å²) in [5, 5.41) is 0.552. The molecule has 0 aliphatic carbocycles. The van der Waals surface area contributed by atoms with Crippen molar-refractivity contribution in [3.63, 3.8) is 0 Å². The lowest BCUT2D eigenvalue weighted by molar-refractivity contribution is 0.112. The minimum absolute atomic E-state index is 0.399. The number of carbonyl (C=O) groups excluding carboxylic acids is 1. The fourth-order valence-electron chi connectivity index (χ4n) is 1.22. The summed E-state index contributed by atoms with van der Waals surface area (Å²) in [6.07, 6.45) is 2.23. The maximum atomic E-state index is 10.6. The summed E-state index contributed by atoms with van der Waals surface area (Å²) in [4.78, 5) is 14.8. The van der Waals surface area contributed by atoms with Gasteiger partial charge in [-0.05, 0) is 18.2 Å². The molecule has 0 spiro atoms. The SMILES string of the molecule is O=Cc1cccc(N=c2cc(Cl)cco2)c1. The standard InChI is InChI=1S/C12H8ClNO2/c13-10-4-5-16-12(7-10)14-11-3-1-2-9(6-11)8-15/h1-8H. The van der Waals surface area contributed by atoms with Crippen molar-refractivity contribution in [2.24, 2.45) is 4.99 Å². The summed E-state index contributed by atoms with van der Waals surface area (Å²) in [6.45, 7) is 0. The third-order valence-corrected chi connectivity index (χ3v) is 2.16. The zero-order valence-corrected chi connectivity index (χ0v) is 9.02. The molecule has 0 fully saturated rings. The number of carbonyl (C=O) groups is 1. The first-order valence-corrected chi connectivity index (χ1v) is 5.00. The van der Waals surface area contributed by atoms with Crippen molar-refractivity contribution < 1.29 is 9.21 Å². The van der Waals surface area contributed by atoms with Crippen LogP contribution in [0.4, 0.5) is 5.69 Å². The Morgan fingerprint density at radius 3 is 2.88 bits per heavy atom. The summed E-state index contributed by atoms with van der Waals surface area (Å²) in [6, 6.07) is 10.2. The summed E-state index contributed by atoms with van der Waals surface area (Å²) in [5.74, 6) is 0. The smallest absolute Gasteiger partial charge is 0.220 e. The Hall–Kier alpha value is -1.87. The molecule has 0 aliphatic heterocycles. The van der Waals surface area contributed by atoms with Crippen LogP contribution in [0.5, 0.6) is 0 Å². The Morgan fingerprint density at radius 2 is 2.12 bits per heavy atom. The fraction of sp³-hybridized carbons (Fsp3) is 0. The largest absolute Gasteiger partial charge is 0.447 e. The normalized spacial score (nSPS) is 11.4. The Balaban J connectivity index is 2.46. The first kappa shape index (κ1) is 10.6. The van der Waals surface area contributed by atoms with Crippen molar-refractivity contribution in [3.8, 4) is 0 Å². The van der Waals surface area contributed by atoms with Crippen LogP contribution in [-0.2, 0) is 0 Å². The molecule has 2 rings (SSSR count). The highest BCUT2D eigenvalue weighted by molar-refractivity contribution is 6.30.